The fourth-order valence-corrected chi connectivity index (χ4v) is 1.93. The number of likely N-dealkylation sites (N-methyl/N-ethyl adjacent to an activating group) is 1. The normalized spacial score (nSPS) is 15.6. The molecule has 1 atom stereocenters. The Kier molecular flexibility index (Phi) is 9.36. The average molecular weight is 293 g/mol. The van der Waals surface area contributed by atoms with Gasteiger partial charge in [0.05, 0.1) is 27.4 Å². The third-order valence-corrected chi connectivity index (χ3v) is 3.40. The molecular weight excluding hydrogens is 265 g/mol. The summed E-state index contributed by atoms with van der Waals surface area (Å²) < 4.78 is 21.4. The number of hydrogen-bond donors (Lipinski definition) is 0. The Hall–Kier alpha value is -0.350. The van der Waals surface area contributed by atoms with Crippen molar-refractivity contribution in [3.05, 3.63) is 12.3 Å². The molecule has 19 heavy (non-hydrogen) atoms. The lowest BCUT2D eigenvalue weighted by atomic mass is 10.2. The third kappa shape index (κ3) is 13.9. The molecule has 0 radical (unpaired) electrons. The third-order valence-electron chi connectivity index (χ3n) is 2.52. The van der Waals surface area contributed by atoms with Crippen molar-refractivity contribution in [2.45, 2.75) is 39.0 Å². The predicted octanol–water partition coefficient (Wildman–Crippen LogP) is 2.68. The van der Waals surface area contributed by atoms with E-state index in [1.165, 1.54) is 19.1 Å². The van der Waals surface area contributed by atoms with E-state index in [0.717, 1.165) is 19.3 Å². The van der Waals surface area contributed by atoms with Crippen LogP contribution in [0.5, 0.6) is 0 Å². The Balaban J connectivity index is 3.72. The van der Waals surface area contributed by atoms with Gasteiger partial charge in [-0.1, -0.05) is 26.2 Å². The van der Waals surface area contributed by atoms with Gasteiger partial charge in [-0.3, -0.25) is 4.57 Å². The molecule has 0 N–H and O–H groups in total. The molecule has 0 aliphatic rings. The first-order valence-corrected chi connectivity index (χ1v) is 8.32. The average Bonchev–Trinajstić information content (AvgIpc) is 2.25. The van der Waals surface area contributed by atoms with E-state index >= 15 is 0 Å². The molecule has 114 valence electrons. The summed E-state index contributed by atoms with van der Waals surface area (Å²) in [6, 6.07) is 0. The number of rotatable bonds is 11. The highest BCUT2D eigenvalue weighted by Gasteiger charge is 2.12. The number of phosphoric ester groups is 1. The van der Waals surface area contributed by atoms with E-state index in [-0.39, 0.29) is 6.61 Å². The fourth-order valence-electron chi connectivity index (χ4n) is 1.33. The molecule has 1 unspecified atom stereocenters. The molecule has 0 saturated heterocycles. The minimum atomic E-state index is -4.19. The molecular formula is C13H28NO4P. The monoisotopic (exact) mass is 293 g/mol. The quantitative estimate of drug-likeness (QED) is 0.254. The summed E-state index contributed by atoms with van der Waals surface area (Å²) in [5.41, 5.74) is 0. The second-order valence-electron chi connectivity index (χ2n) is 5.62. The SMILES string of the molecule is CCCCCC/C=C/OP(=O)([O-])OCC[N+](C)(C)C. The number of allylic oxidation sites excluding steroid dienone is 1. The van der Waals surface area contributed by atoms with E-state index < -0.39 is 7.82 Å². The zero-order chi connectivity index (χ0) is 14.8. The molecule has 0 saturated carbocycles. The molecule has 0 heterocycles. The van der Waals surface area contributed by atoms with Crippen molar-refractivity contribution >= 4 is 7.82 Å². The van der Waals surface area contributed by atoms with E-state index in [0.29, 0.717) is 11.0 Å². The molecule has 0 aliphatic heterocycles. The zero-order valence-electron chi connectivity index (χ0n) is 12.6. The van der Waals surface area contributed by atoms with Crippen LogP contribution in [0.2, 0.25) is 0 Å². The number of phosphoric acid groups is 1. The van der Waals surface area contributed by atoms with Crippen LogP contribution in [0, 0.1) is 0 Å². The smallest absolute Gasteiger partial charge is 0.319 e. The minimum Gasteiger partial charge on any atom is -0.746 e. The maximum Gasteiger partial charge on any atom is 0.319 e. The molecule has 6 heteroatoms. The maximum atomic E-state index is 11.4. The molecule has 0 aliphatic carbocycles. The maximum absolute atomic E-state index is 11.4. The van der Waals surface area contributed by atoms with E-state index in [2.05, 4.69) is 11.4 Å². The van der Waals surface area contributed by atoms with Crippen LogP contribution < -0.4 is 4.89 Å². The fraction of sp³-hybridized carbons (Fsp3) is 0.846. The van der Waals surface area contributed by atoms with Gasteiger partial charge in [0.1, 0.15) is 13.2 Å². The van der Waals surface area contributed by atoms with Crippen molar-refractivity contribution in [2.24, 2.45) is 0 Å². The molecule has 0 aromatic rings. The lowest BCUT2D eigenvalue weighted by molar-refractivity contribution is -0.870. The standard InChI is InChI=1S/C13H28NO4P/c1-5-6-7-8-9-10-12-17-19(15,16)18-13-11-14(2,3)4/h10,12H,5-9,11,13H2,1-4H3/b12-10+. The Morgan fingerprint density at radius 1 is 1.21 bits per heavy atom. The summed E-state index contributed by atoms with van der Waals surface area (Å²) in [7, 11) is 1.72. The molecule has 0 aromatic carbocycles. The summed E-state index contributed by atoms with van der Waals surface area (Å²) in [5, 5.41) is 0. The topological polar surface area (TPSA) is 58.6 Å². The van der Waals surface area contributed by atoms with Crippen LogP contribution in [0.4, 0.5) is 0 Å². The van der Waals surface area contributed by atoms with Crippen LogP contribution in [-0.2, 0) is 13.6 Å². The second kappa shape index (κ2) is 9.54. The van der Waals surface area contributed by atoms with Crippen molar-refractivity contribution in [1.29, 1.82) is 0 Å². The number of hydrogen-bond acceptors (Lipinski definition) is 4. The molecule has 0 aromatic heterocycles. The lowest BCUT2D eigenvalue weighted by Crippen LogP contribution is -2.37. The molecule has 0 amide bonds. The second-order valence-corrected chi connectivity index (χ2v) is 6.98. The predicted molar refractivity (Wildman–Crippen MR) is 75.4 cm³/mol. The largest absolute Gasteiger partial charge is 0.746 e. The minimum absolute atomic E-state index is 0.134. The summed E-state index contributed by atoms with van der Waals surface area (Å²) >= 11 is 0. The van der Waals surface area contributed by atoms with Crippen LogP contribution in [-0.4, -0.2) is 38.8 Å². The van der Waals surface area contributed by atoms with Gasteiger partial charge < -0.3 is 18.4 Å². The van der Waals surface area contributed by atoms with Crippen molar-refractivity contribution in [3.63, 3.8) is 0 Å². The van der Waals surface area contributed by atoms with Crippen molar-refractivity contribution < 1.29 is 23.0 Å². The molecule has 0 bridgehead atoms. The first-order chi connectivity index (χ1) is 8.77. The highest BCUT2D eigenvalue weighted by atomic mass is 31.2. The van der Waals surface area contributed by atoms with Gasteiger partial charge >= 0.3 is 7.82 Å². The highest BCUT2D eigenvalue weighted by Crippen LogP contribution is 2.38. The van der Waals surface area contributed by atoms with Gasteiger partial charge in [0.2, 0.25) is 0 Å². The Morgan fingerprint density at radius 3 is 2.47 bits per heavy atom. The molecule has 0 rings (SSSR count). The Morgan fingerprint density at radius 2 is 1.89 bits per heavy atom. The van der Waals surface area contributed by atoms with Crippen LogP contribution in [0.15, 0.2) is 12.3 Å². The molecule has 0 spiro atoms. The zero-order valence-corrected chi connectivity index (χ0v) is 13.5. The summed E-state index contributed by atoms with van der Waals surface area (Å²) in [6.07, 6.45) is 8.39. The van der Waals surface area contributed by atoms with Crippen molar-refractivity contribution in [3.8, 4) is 0 Å². The molecule has 0 fully saturated rings. The summed E-state index contributed by atoms with van der Waals surface area (Å²) in [5.74, 6) is 0. The summed E-state index contributed by atoms with van der Waals surface area (Å²) in [4.78, 5) is 11.4. The van der Waals surface area contributed by atoms with Crippen LogP contribution in [0.25, 0.3) is 0 Å². The molecule has 5 nitrogen and oxygen atoms in total. The van der Waals surface area contributed by atoms with Gasteiger partial charge in [0.25, 0.3) is 0 Å². The van der Waals surface area contributed by atoms with Crippen molar-refractivity contribution in [1.82, 2.24) is 0 Å². The van der Waals surface area contributed by atoms with Crippen LogP contribution in [0.3, 0.4) is 0 Å². The Bertz CT molecular complexity index is 300. The van der Waals surface area contributed by atoms with E-state index in [1.54, 1.807) is 6.08 Å². The van der Waals surface area contributed by atoms with Gasteiger partial charge in [0.15, 0.2) is 0 Å². The summed E-state index contributed by atoms with van der Waals surface area (Å²) in [6.45, 7) is 2.89. The van der Waals surface area contributed by atoms with Crippen LogP contribution in [0.1, 0.15) is 39.0 Å². The highest BCUT2D eigenvalue weighted by molar-refractivity contribution is 7.45. The van der Waals surface area contributed by atoms with E-state index in [4.69, 9.17) is 4.52 Å². The van der Waals surface area contributed by atoms with Gasteiger partial charge in [-0.05, 0) is 18.9 Å². The van der Waals surface area contributed by atoms with Gasteiger partial charge in [-0.25, -0.2) is 0 Å². The van der Waals surface area contributed by atoms with Crippen molar-refractivity contribution in [2.75, 3.05) is 34.3 Å². The van der Waals surface area contributed by atoms with Crippen LogP contribution >= 0.6 is 7.82 Å². The first-order valence-electron chi connectivity index (χ1n) is 6.86. The number of unbranched alkanes of at least 4 members (excludes halogenated alkanes) is 4. The number of nitrogens with zero attached hydrogens (tertiary/aromatic N) is 1. The van der Waals surface area contributed by atoms with Gasteiger partial charge in [0, 0.05) is 0 Å². The van der Waals surface area contributed by atoms with Gasteiger partial charge in [-0.15, -0.1) is 0 Å². The van der Waals surface area contributed by atoms with E-state index in [1.807, 2.05) is 21.1 Å². The number of quaternary nitrogens is 1. The van der Waals surface area contributed by atoms with E-state index in [9.17, 15) is 9.46 Å². The Labute approximate surface area is 117 Å². The van der Waals surface area contributed by atoms with Gasteiger partial charge in [-0.2, -0.15) is 0 Å². The first kappa shape index (κ1) is 18.7. The lowest BCUT2D eigenvalue weighted by Gasteiger charge is -2.26.